The maximum atomic E-state index is 13.5. The van der Waals surface area contributed by atoms with E-state index < -0.39 is 17.5 Å². The van der Waals surface area contributed by atoms with Gasteiger partial charge >= 0.3 is 0 Å². The number of hydrogen-bond acceptors (Lipinski definition) is 2. The number of hydrogen-bond donors (Lipinski definition) is 1. The lowest BCUT2D eigenvalue weighted by Gasteiger charge is -2.16. The normalized spacial score (nSPS) is 17.2. The van der Waals surface area contributed by atoms with Crippen LogP contribution in [0.4, 0.5) is 14.5 Å². The van der Waals surface area contributed by atoms with Gasteiger partial charge in [0.05, 0.1) is 12.2 Å². The highest BCUT2D eigenvalue weighted by Crippen LogP contribution is 2.27. The molecule has 2 aromatic rings. The maximum Gasteiger partial charge on any atom is 0.244 e. The lowest BCUT2D eigenvalue weighted by Crippen LogP contribution is -2.34. The lowest BCUT2D eigenvalue weighted by molar-refractivity contribution is -0.131. The number of nitrogens with zero attached hydrogens (tertiary/aromatic N) is 1. The minimum atomic E-state index is -0.849. The first-order valence-corrected chi connectivity index (χ1v) is 7.60. The van der Waals surface area contributed by atoms with E-state index in [9.17, 15) is 18.4 Å². The second kappa shape index (κ2) is 6.78. The number of rotatable bonds is 4. The standard InChI is InChI=1S/C18H16F2N2O2/c19-14-6-7-16(15(20)9-14)21-17(23)11-22-10-13(8-18(22)24)12-4-2-1-3-5-12/h1-7,9,13H,8,10-11H2,(H,21,23). The van der Waals surface area contributed by atoms with Gasteiger partial charge in [0.25, 0.3) is 0 Å². The van der Waals surface area contributed by atoms with Gasteiger partial charge in [-0.2, -0.15) is 0 Å². The summed E-state index contributed by atoms with van der Waals surface area (Å²) in [6, 6.07) is 12.5. The summed E-state index contributed by atoms with van der Waals surface area (Å²) >= 11 is 0. The predicted molar refractivity (Wildman–Crippen MR) is 85.4 cm³/mol. The van der Waals surface area contributed by atoms with Crippen molar-refractivity contribution in [2.45, 2.75) is 12.3 Å². The number of nitrogens with one attached hydrogen (secondary N) is 1. The summed E-state index contributed by atoms with van der Waals surface area (Å²) in [5.74, 6) is -2.14. The van der Waals surface area contributed by atoms with Gasteiger partial charge in [0.15, 0.2) is 0 Å². The Morgan fingerprint density at radius 1 is 1.17 bits per heavy atom. The molecule has 3 rings (SSSR count). The molecule has 124 valence electrons. The molecule has 1 unspecified atom stereocenters. The van der Waals surface area contributed by atoms with Crippen LogP contribution in [-0.2, 0) is 9.59 Å². The summed E-state index contributed by atoms with van der Waals surface area (Å²) in [4.78, 5) is 25.6. The number of amides is 2. The first kappa shape index (κ1) is 16.1. The van der Waals surface area contributed by atoms with Crippen molar-refractivity contribution < 1.29 is 18.4 Å². The van der Waals surface area contributed by atoms with E-state index in [2.05, 4.69) is 5.32 Å². The molecule has 1 heterocycles. The predicted octanol–water partition coefficient (Wildman–Crippen LogP) is 2.92. The molecule has 1 atom stereocenters. The molecule has 1 saturated heterocycles. The molecule has 0 radical (unpaired) electrons. The van der Waals surface area contributed by atoms with Crippen LogP contribution in [0.2, 0.25) is 0 Å². The zero-order valence-corrected chi connectivity index (χ0v) is 12.8. The van der Waals surface area contributed by atoms with Crippen LogP contribution in [0.3, 0.4) is 0 Å². The Kier molecular flexibility index (Phi) is 4.55. The van der Waals surface area contributed by atoms with Gasteiger partial charge in [-0.25, -0.2) is 8.78 Å². The molecular weight excluding hydrogens is 314 g/mol. The van der Waals surface area contributed by atoms with Crippen LogP contribution in [0.5, 0.6) is 0 Å². The minimum Gasteiger partial charge on any atom is -0.333 e. The van der Waals surface area contributed by atoms with Gasteiger partial charge < -0.3 is 10.2 Å². The van der Waals surface area contributed by atoms with Crippen molar-refractivity contribution in [3.8, 4) is 0 Å². The zero-order chi connectivity index (χ0) is 17.1. The van der Waals surface area contributed by atoms with Gasteiger partial charge in [-0.3, -0.25) is 9.59 Å². The molecule has 4 nitrogen and oxygen atoms in total. The second-order valence-corrected chi connectivity index (χ2v) is 5.76. The van der Waals surface area contributed by atoms with E-state index in [-0.39, 0.29) is 24.1 Å². The van der Waals surface area contributed by atoms with Crippen LogP contribution in [0.15, 0.2) is 48.5 Å². The monoisotopic (exact) mass is 330 g/mol. The fraction of sp³-hybridized carbons (Fsp3) is 0.222. The van der Waals surface area contributed by atoms with Gasteiger partial charge in [-0.1, -0.05) is 30.3 Å². The van der Waals surface area contributed by atoms with E-state index in [0.29, 0.717) is 19.0 Å². The molecule has 1 aliphatic rings. The van der Waals surface area contributed by atoms with E-state index in [1.54, 1.807) is 0 Å². The Hall–Kier alpha value is -2.76. The van der Waals surface area contributed by atoms with E-state index in [4.69, 9.17) is 0 Å². The molecule has 1 N–H and O–H groups in total. The third kappa shape index (κ3) is 3.59. The van der Waals surface area contributed by atoms with E-state index >= 15 is 0 Å². The molecule has 0 aliphatic carbocycles. The number of carbonyl (C=O) groups is 2. The summed E-state index contributed by atoms with van der Waals surface area (Å²) in [6.45, 7) is 0.293. The number of likely N-dealkylation sites (tertiary alicyclic amines) is 1. The van der Waals surface area contributed by atoms with Crippen molar-refractivity contribution >= 4 is 17.5 Å². The first-order chi connectivity index (χ1) is 11.5. The molecule has 0 bridgehead atoms. The fourth-order valence-corrected chi connectivity index (χ4v) is 2.83. The third-order valence-corrected chi connectivity index (χ3v) is 4.03. The van der Waals surface area contributed by atoms with E-state index in [1.165, 1.54) is 4.90 Å². The highest BCUT2D eigenvalue weighted by Gasteiger charge is 2.31. The quantitative estimate of drug-likeness (QED) is 0.937. The Morgan fingerprint density at radius 3 is 2.62 bits per heavy atom. The van der Waals surface area contributed by atoms with E-state index in [0.717, 1.165) is 17.7 Å². The number of carbonyl (C=O) groups excluding carboxylic acids is 2. The summed E-state index contributed by atoms with van der Waals surface area (Å²) in [6.07, 6.45) is 0.349. The summed E-state index contributed by atoms with van der Waals surface area (Å²) < 4.78 is 26.4. The van der Waals surface area contributed by atoms with Gasteiger partial charge in [0, 0.05) is 24.9 Å². The van der Waals surface area contributed by atoms with Crippen LogP contribution in [-0.4, -0.2) is 29.8 Å². The highest BCUT2D eigenvalue weighted by atomic mass is 19.1. The van der Waals surface area contributed by atoms with Crippen molar-refractivity contribution in [1.82, 2.24) is 4.90 Å². The Balaban J connectivity index is 1.61. The Labute approximate surface area is 138 Å². The average Bonchev–Trinajstić information content (AvgIpc) is 2.92. The summed E-state index contributed by atoms with van der Waals surface area (Å²) in [7, 11) is 0. The van der Waals surface area contributed by atoms with Crippen LogP contribution >= 0.6 is 0 Å². The van der Waals surface area contributed by atoms with E-state index in [1.807, 2.05) is 30.3 Å². The van der Waals surface area contributed by atoms with Gasteiger partial charge in [0.2, 0.25) is 11.8 Å². The third-order valence-electron chi connectivity index (χ3n) is 4.03. The van der Waals surface area contributed by atoms with Gasteiger partial charge in [0.1, 0.15) is 11.6 Å². The molecule has 1 aliphatic heterocycles. The Bertz CT molecular complexity index is 765. The van der Waals surface area contributed by atoms with Crippen molar-refractivity contribution in [3.05, 3.63) is 65.7 Å². The molecule has 2 aromatic carbocycles. The molecule has 24 heavy (non-hydrogen) atoms. The van der Waals surface area contributed by atoms with Crippen LogP contribution < -0.4 is 5.32 Å². The number of benzene rings is 2. The maximum absolute atomic E-state index is 13.5. The van der Waals surface area contributed by atoms with Crippen LogP contribution in [0, 0.1) is 11.6 Å². The smallest absolute Gasteiger partial charge is 0.244 e. The fourth-order valence-electron chi connectivity index (χ4n) is 2.83. The zero-order valence-electron chi connectivity index (χ0n) is 12.8. The summed E-state index contributed by atoms with van der Waals surface area (Å²) in [5, 5.41) is 2.36. The minimum absolute atomic E-state index is 0.0501. The highest BCUT2D eigenvalue weighted by molar-refractivity contribution is 5.95. The van der Waals surface area contributed by atoms with Crippen molar-refractivity contribution in [2.24, 2.45) is 0 Å². The molecule has 2 amide bonds. The molecule has 0 saturated carbocycles. The number of halogens is 2. The molecular formula is C18H16F2N2O2. The molecule has 1 fully saturated rings. The largest absolute Gasteiger partial charge is 0.333 e. The summed E-state index contributed by atoms with van der Waals surface area (Å²) in [5.41, 5.74) is 0.950. The molecule has 0 spiro atoms. The van der Waals surface area contributed by atoms with Gasteiger partial charge in [-0.05, 0) is 17.7 Å². The second-order valence-electron chi connectivity index (χ2n) is 5.76. The lowest BCUT2D eigenvalue weighted by atomic mass is 9.99. The number of anilines is 1. The van der Waals surface area contributed by atoms with Gasteiger partial charge in [-0.15, -0.1) is 0 Å². The average molecular weight is 330 g/mol. The topological polar surface area (TPSA) is 49.4 Å². The first-order valence-electron chi connectivity index (χ1n) is 7.60. The van der Waals surface area contributed by atoms with Crippen molar-refractivity contribution in [2.75, 3.05) is 18.4 Å². The van der Waals surface area contributed by atoms with Crippen molar-refractivity contribution in [1.29, 1.82) is 0 Å². The molecule has 0 aromatic heterocycles. The Morgan fingerprint density at radius 2 is 1.92 bits per heavy atom. The SMILES string of the molecule is O=C(CN1CC(c2ccccc2)CC1=O)Nc1ccc(F)cc1F. The van der Waals surface area contributed by atoms with Crippen molar-refractivity contribution in [3.63, 3.8) is 0 Å². The molecule has 6 heteroatoms. The van der Waals surface area contributed by atoms with Crippen LogP contribution in [0.25, 0.3) is 0 Å². The van der Waals surface area contributed by atoms with Crippen LogP contribution in [0.1, 0.15) is 17.9 Å².